The molecule has 242 valence electrons. The number of rotatable bonds is 7. The molecule has 0 unspecified atom stereocenters. The molecule has 11 nitrogen and oxygen atoms in total. The van der Waals surface area contributed by atoms with Gasteiger partial charge in [-0.1, -0.05) is 60.7 Å². The number of aromatic nitrogens is 1. The third kappa shape index (κ3) is 6.59. The molecule has 1 N–H and O–H groups in total. The van der Waals surface area contributed by atoms with E-state index in [4.69, 9.17) is 9.47 Å². The van der Waals surface area contributed by atoms with Crippen molar-refractivity contribution < 1.29 is 32.9 Å². The van der Waals surface area contributed by atoms with Gasteiger partial charge in [-0.05, 0) is 62.1 Å². The highest BCUT2D eigenvalue weighted by Crippen LogP contribution is 2.38. The van der Waals surface area contributed by atoms with Crippen LogP contribution in [0.4, 0.5) is 10.5 Å². The molecule has 2 fully saturated rings. The number of anilines is 1. The van der Waals surface area contributed by atoms with Crippen LogP contribution in [0.5, 0.6) is 0 Å². The van der Waals surface area contributed by atoms with Gasteiger partial charge in [-0.15, -0.1) is 0 Å². The highest BCUT2D eigenvalue weighted by atomic mass is 32.2. The number of hydrogen-bond acceptors (Lipinski definition) is 8. The summed E-state index contributed by atoms with van der Waals surface area (Å²) in [5.74, 6) is -1.88. The summed E-state index contributed by atoms with van der Waals surface area (Å²) in [5.41, 5.74) is 1.75. The van der Waals surface area contributed by atoms with Crippen molar-refractivity contribution in [2.45, 2.75) is 50.3 Å². The number of allylic oxidation sites excluding steroid dienone is 1. The molecule has 0 saturated carbocycles. The van der Waals surface area contributed by atoms with Gasteiger partial charge in [-0.3, -0.25) is 23.7 Å². The molecular weight excluding hydrogens is 620 g/mol. The summed E-state index contributed by atoms with van der Waals surface area (Å²) >= 11 is 0. The van der Waals surface area contributed by atoms with Crippen LogP contribution in [-0.4, -0.2) is 67.3 Å². The second-order valence-corrected chi connectivity index (χ2v) is 13.8. The van der Waals surface area contributed by atoms with E-state index in [9.17, 15) is 23.4 Å². The lowest BCUT2D eigenvalue weighted by Gasteiger charge is -2.49. The van der Waals surface area contributed by atoms with Crippen molar-refractivity contribution in [2.75, 3.05) is 17.2 Å². The first-order valence-corrected chi connectivity index (χ1v) is 16.6. The lowest BCUT2D eigenvalue weighted by Crippen LogP contribution is -2.73. The van der Waals surface area contributed by atoms with Crippen LogP contribution in [0.2, 0.25) is 0 Å². The Morgan fingerprint density at radius 1 is 1.00 bits per heavy atom. The van der Waals surface area contributed by atoms with Gasteiger partial charge < -0.3 is 19.7 Å². The van der Waals surface area contributed by atoms with E-state index in [1.165, 1.54) is 0 Å². The number of carbonyl (C=O) groups is 4. The van der Waals surface area contributed by atoms with Gasteiger partial charge in [-0.2, -0.15) is 0 Å². The van der Waals surface area contributed by atoms with E-state index in [0.717, 1.165) is 4.90 Å². The minimum absolute atomic E-state index is 0.112. The average Bonchev–Trinajstić information content (AvgIpc) is 3.41. The molecule has 2 saturated heterocycles. The molecule has 0 aliphatic carbocycles. The zero-order valence-corrected chi connectivity index (χ0v) is 26.9. The van der Waals surface area contributed by atoms with Crippen molar-refractivity contribution in [1.82, 2.24) is 15.2 Å². The van der Waals surface area contributed by atoms with Crippen molar-refractivity contribution in [1.29, 1.82) is 0 Å². The van der Waals surface area contributed by atoms with Gasteiger partial charge in [0.05, 0.1) is 28.4 Å². The van der Waals surface area contributed by atoms with Crippen molar-refractivity contribution in [3.63, 3.8) is 0 Å². The molecule has 6 rings (SSSR count). The molecule has 47 heavy (non-hydrogen) atoms. The molecule has 0 bridgehead atoms. The van der Waals surface area contributed by atoms with Crippen LogP contribution in [0.25, 0.3) is 0 Å². The fourth-order valence-corrected chi connectivity index (χ4v) is 7.43. The lowest BCUT2D eigenvalue weighted by molar-refractivity contribution is -0.153. The molecule has 3 aliphatic heterocycles. The van der Waals surface area contributed by atoms with E-state index in [1.807, 2.05) is 60.7 Å². The topological polar surface area (TPSA) is 135 Å². The summed E-state index contributed by atoms with van der Waals surface area (Å²) in [6.07, 6.45) is 3.46. The Hall–Kier alpha value is -5.10. The van der Waals surface area contributed by atoms with Crippen molar-refractivity contribution >= 4 is 40.4 Å². The van der Waals surface area contributed by atoms with E-state index in [2.05, 4.69) is 10.3 Å². The van der Waals surface area contributed by atoms with E-state index >= 15 is 0 Å². The van der Waals surface area contributed by atoms with Gasteiger partial charge in [-0.25, -0.2) is 9.59 Å². The predicted molar refractivity (Wildman–Crippen MR) is 174 cm³/mol. The maximum Gasteiger partial charge on any atom is 0.408 e. The Kier molecular flexibility index (Phi) is 8.78. The monoisotopic (exact) mass is 654 g/mol. The number of benzene rings is 2. The lowest BCUT2D eigenvalue weighted by atomic mass is 10.00. The summed E-state index contributed by atoms with van der Waals surface area (Å²) in [6, 6.07) is 20.7. The van der Waals surface area contributed by atoms with Gasteiger partial charge in [0, 0.05) is 18.3 Å². The summed E-state index contributed by atoms with van der Waals surface area (Å²) in [5, 5.41) is 1.49. The fourth-order valence-electron chi connectivity index (χ4n) is 5.80. The standard InChI is InChI=1S/C35H34N4O7S/c1-35(2,3)46-34(43)37-27-31(41)39-28(33(42)45-29(22-11-6-4-7-12-22)23-13-8-5-9-14-23)25(21-47(44)32(27)39)19-24-16-18-38(30(24)40)26-15-10-17-36-20-26/h4-15,17,19-20,27,29,32H,16,18,21H2,1-3H3,(H,37,43)/b24-19+/t27-,32-,47-/m1/s1. The normalized spacial score (nSPS) is 21.9. The quantitative estimate of drug-likeness (QED) is 0.228. The number of pyridine rings is 1. The molecule has 0 radical (unpaired) electrons. The van der Waals surface area contributed by atoms with Gasteiger partial charge in [0.2, 0.25) is 0 Å². The second-order valence-electron chi connectivity index (χ2n) is 12.3. The Labute approximate surface area is 274 Å². The molecule has 3 amide bonds. The first-order valence-electron chi connectivity index (χ1n) is 15.2. The number of β-lactam (4-membered cyclic amide) rings is 1. The van der Waals surface area contributed by atoms with Crippen molar-refractivity contribution in [3.05, 3.63) is 119 Å². The van der Waals surface area contributed by atoms with Crippen LogP contribution >= 0.6 is 0 Å². The molecule has 12 heteroatoms. The van der Waals surface area contributed by atoms with Crippen LogP contribution in [0.3, 0.4) is 0 Å². The summed E-state index contributed by atoms with van der Waals surface area (Å²) < 4.78 is 25.1. The van der Waals surface area contributed by atoms with Gasteiger partial charge in [0.15, 0.2) is 6.10 Å². The third-order valence-corrected chi connectivity index (χ3v) is 9.50. The maximum atomic E-state index is 14.2. The highest BCUT2D eigenvalue weighted by Gasteiger charge is 2.58. The molecule has 3 aliphatic rings. The first kappa shape index (κ1) is 31.9. The van der Waals surface area contributed by atoms with E-state index in [-0.39, 0.29) is 22.9 Å². The van der Waals surface area contributed by atoms with E-state index in [1.54, 1.807) is 56.3 Å². The third-order valence-electron chi connectivity index (χ3n) is 7.88. The van der Waals surface area contributed by atoms with E-state index < -0.39 is 51.9 Å². The molecule has 0 spiro atoms. The second kappa shape index (κ2) is 13.0. The number of nitrogens with zero attached hydrogens (tertiary/aromatic N) is 3. The van der Waals surface area contributed by atoms with Crippen LogP contribution in [0.1, 0.15) is 44.4 Å². The maximum absolute atomic E-state index is 14.2. The summed E-state index contributed by atoms with van der Waals surface area (Å²) in [6.45, 7) is 5.45. The number of carbonyl (C=O) groups excluding carboxylic acids is 4. The average molecular weight is 655 g/mol. The van der Waals surface area contributed by atoms with Crippen LogP contribution in [-0.2, 0) is 34.7 Å². The van der Waals surface area contributed by atoms with E-state index in [0.29, 0.717) is 35.4 Å². The molecule has 1 aromatic heterocycles. The summed E-state index contributed by atoms with van der Waals surface area (Å²) in [7, 11) is -1.74. The smallest absolute Gasteiger partial charge is 0.408 e. The Morgan fingerprint density at radius 3 is 2.26 bits per heavy atom. The van der Waals surface area contributed by atoms with Crippen molar-refractivity contribution in [2.24, 2.45) is 0 Å². The minimum Gasteiger partial charge on any atom is -0.448 e. The largest absolute Gasteiger partial charge is 0.448 e. The zero-order valence-electron chi connectivity index (χ0n) is 26.1. The molecular formula is C35H34N4O7S. The van der Waals surface area contributed by atoms with Gasteiger partial charge in [0.25, 0.3) is 11.8 Å². The minimum atomic E-state index is -1.74. The fraction of sp³-hybridized carbons (Fsp3) is 0.286. The van der Waals surface area contributed by atoms with Crippen LogP contribution in [0, 0.1) is 0 Å². The number of amides is 3. The predicted octanol–water partition coefficient (Wildman–Crippen LogP) is 4.16. The zero-order chi connectivity index (χ0) is 33.3. The SMILES string of the molecule is CC(C)(C)OC(=O)N[C@@H]1C(=O)N2C(C(=O)OC(c3ccccc3)c3ccccc3)=C(/C=C3\CCN(c4cccnc4)C3=O)C[S@@](=O)[C@H]12. The van der Waals surface area contributed by atoms with Gasteiger partial charge >= 0.3 is 12.1 Å². The Bertz CT molecular complexity index is 1750. The summed E-state index contributed by atoms with van der Waals surface area (Å²) in [4.78, 5) is 60.7. The number of ether oxygens (including phenoxy) is 2. The number of fused-ring (bicyclic) bond motifs is 1. The number of nitrogens with one attached hydrogen (secondary N) is 1. The number of alkyl carbamates (subject to hydrolysis) is 1. The Morgan fingerprint density at radius 2 is 1.66 bits per heavy atom. The highest BCUT2D eigenvalue weighted by molar-refractivity contribution is 7.86. The molecule has 2 aromatic carbocycles. The Balaban J connectivity index is 1.37. The molecule has 3 atom stereocenters. The van der Waals surface area contributed by atoms with Crippen molar-refractivity contribution in [3.8, 4) is 0 Å². The van der Waals surface area contributed by atoms with Gasteiger partial charge in [0.1, 0.15) is 22.7 Å². The molecule has 4 heterocycles. The first-order chi connectivity index (χ1) is 22.5. The number of hydrogen-bond donors (Lipinski definition) is 1. The molecule has 3 aromatic rings. The van der Waals surface area contributed by atoms with Crippen LogP contribution in [0.15, 0.2) is 108 Å². The van der Waals surface area contributed by atoms with Crippen LogP contribution < -0.4 is 10.2 Å². The number of esters is 1.